The first-order valence-corrected chi connectivity index (χ1v) is 27.8. The Morgan fingerprint density at radius 1 is 0.892 bits per heavy atom. The number of aromatic nitrogens is 1. The molecule has 3 aromatic rings. The Labute approximate surface area is 444 Å². The number of ether oxygens (including phenoxy) is 6. The lowest BCUT2D eigenvalue weighted by Crippen LogP contribution is -2.60. The predicted molar refractivity (Wildman–Crippen MR) is 285 cm³/mol. The van der Waals surface area contributed by atoms with Crippen molar-refractivity contribution in [1.29, 1.82) is 0 Å². The van der Waals surface area contributed by atoms with E-state index in [0.29, 0.717) is 39.0 Å². The van der Waals surface area contributed by atoms with Gasteiger partial charge in [-0.15, -0.1) is 0 Å². The Morgan fingerprint density at radius 3 is 2.22 bits per heavy atom. The first-order valence-electron chi connectivity index (χ1n) is 27.0. The van der Waals surface area contributed by atoms with Crippen molar-refractivity contribution in [3.63, 3.8) is 0 Å². The number of aliphatic hydroxyl groups excluding tert-OH is 3. The van der Waals surface area contributed by atoms with Crippen molar-refractivity contribution in [2.75, 3.05) is 40.8 Å². The normalized spacial score (nSPS) is 38.7. The van der Waals surface area contributed by atoms with E-state index in [-0.39, 0.29) is 37.3 Å². The largest absolute Gasteiger partial charge is 0.459 e. The van der Waals surface area contributed by atoms with E-state index in [1.807, 2.05) is 46.7 Å². The second kappa shape index (κ2) is 24.4. The van der Waals surface area contributed by atoms with Crippen molar-refractivity contribution in [3.05, 3.63) is 60.3 Å². The Bertz CT molecular complexity index is 2250. The van der Waals surface area contributed by atoms with E-state index in [1.54, 1.807) is 46.4 Å². The monoisotopic (exact) mass is 1050 g/mol. The fraction of sp³-hybridized carbons (Fsp3) is 0.702. The number of esters is 1. The minimum Gasteiger partial charge on any atom is -0.459 e. The van der Waals surface area contributed by atoms with Crippen molar-refractivity contribution in [2.45, 2.75) is 208 Å². The van der Waals surface area contributed by atoms with Crippen LogP contribution in [0.3, 0.4) is 0 Å². The number of rotatable bonds is 13. The molecule has 2 aromatic carbocycles. The van der Waals surface area contributed by atoms with E-state index >= 15 is 0 Å². The van der Waals surface area contributed by atoms with Crippen LogP contribution in [0.4, 0.5) is 0 Å². The van der Waals surface area contributed by atoms with Gasteiger partial charge in [-0.05, 0) is 131 Å². The highest BCUT2D eigenvalue weighted by atomic mass is 32.2. The van der Waals surface area contributed by atoms with E-state index < -0.39 is 96.0 Å². The summed E-state index contributed by atoms with van der Waals surface area (Å²) in [4.78, 5) is 24.9. The molecule has 0 saturated carbocycles. The number of aliphatic hydroxyl groups is 5. The van der Waals surface area contributed by atoms with Crippen LogP contribution in [0.5, 0.6) is 0 Å². The second-order valence-electron chi connectivity index (χ2n) is 22.9. The minimum absolute atomic E-state index is 0.115. The molecule has 16 nitrogen and oxygen atoms in total. The standard InChI is InChI=1S/C57H88N4O12S/c1-14-45-57(10,67)50(63)36(6)61(25-19-24-58-30-38-27-41-39-20-15-17-22-43(39)74-44-23-18-16-21-40(44)47(41)59-38)31-32(2)28-55(8,66)52(73-54-48(62)42(60(11)12)26-33(3)69-54)34(4)49(35(5)53(65)71-45)72-46-29-56(9,68-13)51(64)37(7)70-46/h15-18,20-23,27,32-37,42,45-46,48-52,54,58-59,62-64,66-67H,14,19,24-26,28-31H2,1-13H3/t32-,33-,34+,35-,36-,37-,42+,45-,46-,48-,49+,50-,51+,52-,54+,55-,56-,57-/m1/s1. The average Bonchev–Trinajstić information content (AvgIpc) is 3.73. The van der Waals surface area contributed by atoms with Gasteiger partial charge in [-0.3, -0.25) is 9.69 Å². The zero-order valence-electron chi connectivity index (χ0n) is 46.1. The molecule has 414 valence electrons. The van der Waals surface area contributed by atoms with Crippen LogP contribution >= 0.6 is 11.8 Å². The molecule has 3 fully saturated rings. The van der Waals surface area contributed by atoms with Crippen LogP contribution in [-0.4, -0.2) is 177 Å². The maximum atomic E-state index is 14.7. The molecule has 0 bridgehead atoms. The quantitative estimate of drug-likeness (QED) is 0.0558. The van der Waals surface area contributed by atoms with E-state index in [1.165, 1.54) is 40.5 Å². The zero-order valence-corrected chi connectivity index (χ0v) is 46.9. The number of carbonyl (C=O) groups excluding carboxylic acids is 1. The SMILES string of the molecule is CC[C@H]1OC(=O)[C@H](C)[C@@H](O[C@@H]2C[C@@](C)(OC)[C@@H](O)[C@@H](C)O2)[C@H](C)[C@@H](O[C@@H]2O[C@H](C)C[C@H](N(C)C)[C@H]2O)[C@](C)(O)C[C@@H](C)CN(CCCNCc2cc3c([nH]2)-c2ccccc2Sc2ccccc2-3)[C@H](C)[C@@H](O)[C@]1(C)O. The number of cyclic esters (lactones) is 1. The summed E-state index contributed by atoms with van der Waals surface area (Å²) in [6, 6.07) is 18.3. The minimum atomic E-state index is -1.88. The van der Waals surface area contributed by atoms with Gasteiger partial charge in [0.1, 0.15) is 30.0 Å². The number of carbonyl (C=O) groups is 1. The van der Waals surface area contributed by atoms with Gasteiger partial charge >= 0.3 is 5.97 Å². The topological polar surface area (TPSA) is 208 Å². The van der Waals surface area contributed by atoms with Gasteiger partial charge < -0.3 is 69.2 Å². The molecule has 0 spiro atoms. The molecule has 0 radical (unpaired) electrons. The molecule has 5 heterocycles. The van der Waals surface area contributed by atoms with Gasteiger partial charge in [0.05, 0.1) is 47.2 Å². The van der Waals surface area contributed by atoms with Gasteiger partial charge in [-0.2, -0.15) is 0 Å². The number of nitrogens with zero attached hydrogens (tertiary/aromatic N) is 2. The highest BCUT2D eigenvalue weighted by Gasteiger charge is 2.53. The Kier molecular flexibility index (Phi) is 19.3. The first-order chi connectivity index (χ1) is 34.9. The molecule has 0 amide bonds. The molecule has 7 rings (SSSR count). The van der Waals surface area contributed by atoms with E-state index in [0.717, 1.165) is 11.4 Å². The maximum Gasteiger partial charge on any atom is 0.311 e. The van der Waals surface area contributed by atoms with Crippen molar-refractivity contribution in [2.24, 2.45) is 17.8 Å². The molecule has 3 saturated heterocycles. The summed E-state index contributed by atoms with van der Waals surface area (Å²) in [5.41, 5.74) is 1.15. The van der Waals surface area contributed by atoms with Crippen LogP contribution in [0.2, 0.25) is 0 Å². The molecule has 18 atom stereocenters. The number of hydrogen-bond donors (Lipinski definition) is 7. The lowest BCUT2D eigenvalue weighted by molar-refractivity contribution is -0.318. The smallest absolute Gasteiger partial charge is 0.311 e. The number of benzene rings is 2. The predicted octanol–water partition coefficient (Wildman–Crippen LogP) is 6.58. The number of methoxy groups -OCH3 is 1. The summed E-state index contributed by atoms with van der Waals surface area (Å²) < 4.78 is 38.4. The lowest BCUT2D eigenvalue weighted by atomic mass is 9.77. The fourth-order valence-electron chi connectivity index (χ4n) is 12.2. The number of aromatic amines is 1. The first kappa shape index (κ1) is 58.7. The highest BCUT2D eigenvalue weighted by molar-refractivity contribution is 7.99. The van der Waals surface area contributed by atoms with Gasteiger partial charge in [-0.25, -0.2) is 0 Å². The molecule has 4 aliphatic rings. The highest BCUT2D eigenvalue weighted by Crippen LogP contribution is 2.48. The summed E-state index contributed by atoms with van der Waals surface area (Å²) in [5, 5.41) is 64.2. The molecule has 0 unspecified atom stereocenters. The average molecular weight is 1050 g/mol. The summed E-state index contributed by atoms with van der Waals surface area (Å²) >= 11 is 1.78. The number of hydrogen-bond acceptors (Lipinski definition) is 16. The van der Waals surface area contributed by atoms with E-state index in [9.17, 15) is 30.3 Å². The van der Waals surface area contributed by atoms with E-state index in [4.69, 9.17) is 28.4 Å². The second-order valence-corrected chi connectivity index (χ2v) is 24.0. The van der Waals surface area contributed by atoms with Crippen LogP contribution in [0, 0.1) is 17.8 Å². The van der Waals surface area contributed by atoms with Crippen LogP contribution in [-0.2, 0) is 39.8 Å². The third kappa shape index (κ3) is 12.8. The van der Waals surface area contributed by atoms with Gasteiger partial charge in [0.2, 0.25) is 0 Å². The third-order valence-electron chi connectivity index (χ3n) is 16.6. The number of likely N-dealkylation sites (N-methyl/N-ethyl adjacent to an activating group) is 1. The van der Waals surface area contributed by atoms with Gasteiger partial charge in [0.15, 0.2) is 12.6 Å². The molecule has 17 heteroatoms. The van der Waals surface area contributed by atoms with Gasteiger partial charge in [0.25, 0.3) is 0 Å². The van der Waals surface area contributed by atoms with Gasteiger partial charge in [0, 0.05) is 71.2 Å². The van der Waals surface area contributed by atoms with Crippen molar-refractivity contribution in [3.8, 4) is 22.4 Å². The Hall–Kier alpha value is -2.98. The number of nitrogens with one attached hydrogen (secondary N) is 2. The number of fused-ring (bicyclic) bond motifs is 5. The summed E-state index contributed by atoms with van der Waals surface area (Å²) in [5.74, 6) is -2.75. The van der Waals surface area contributed by atoms with Crippen molar-refractivity contribution < 1.29 is 58.7 Å². The zero-order chi connectivity index (χ0) is 54.0. The molecule has 7 N–H and O–H groups in total. The maximum absolute atomic E-state index is 14.7. The molecule has 4 aliphatic heterocycles. The Morgan fingerprint density at radius 2 is 1.55 bits per heavy atom. The molecule has 74 heavy (non-hydrogen) atoms. The molecular weight excluding hydrogens is 965 g/mol. The van der Waals surface area contributed by atoms with Crippen LogP contribution in [0.15, 0.2) is 64.4 Å². The molecule has 1 aromatic heterocycles. The van der Waals surface area contributed by atoms with Gasteiger partial charge in [-0.1, -0.05) is 68.9 Å². The van der Waals surface area contributed by atoms with E-state index in [2.05, 4.69) is 69.8 Å². The van der Waals surface area contributed by atoms with Crippen LogP contribution < -0.4 is 5.32 Å². The lowest BCUT2D eigenvalue weighted by Gasteiger charge is -2.48. The van der Waals surface area contributed by atoms with Crippen molar-refractivity contribution in [1.82, 2.24) is 20.1 Å². The number of H-pyrrole nitrogens is 1. The van der Waals surface area contributed by atoms with Crippen LogP contribution in [0.25, 0.3) is 22.4 Å². The van der Waals surface area contributed by atoms with Crippen molar-refractivity contribution >= 4 is 17.7 Å². The summed E-state index contributed by atoms with van der Waals surface area (Å²) in [6.07, 6.45) is -8.00. The third-order valence-corrected chi connectivity index (χ3v) is 17.7. The fourth-order valence-corrected chi connectivity index (χ4v) is 13.3. The Balaban J connectivity index is 1.16. The summed E-state index contributed by atoms with van der Waals surface area (Å²) in [7, 11) is 5.31. The molecule has 0 aliphatic carbocycles. The summed E-state index contributed by atoms with van der Waals surface area (Å²) in [6.45, 7) is 20.1. The van der Waals surface area contributed by atoms with Crippen LogP contribution in [0.1, 0.15) is 107 Å². The molecular formula is C57H88N4O12S.